The Morgan fingerprint density at radius 1 is 0.500 bits per heavy atom. The van der Waals surface area contributed by atoms with Gasteiger partial charge in [0.1, 0.15) is 54.9 Å². The fraction of sp³-hybridized carbons (Fsp3) is 0.900. The number of aliphatic hydroxyl groups is 7. The van der Waals surface area contributed by atoms with Gasteiger partial charge in [0.25, 0.3) is 0 Å². The van der Waals surface area contributed by atoms with Crippen LogP contribution in [0, 0.1) is 0 Å². The van der Waals surface area contributed by atoms with Gasteiger partial charge in [-0.2, -0.15) is 0 Å². The SMILES string of the molecule is CCCCCC/C=C\CCCCCCCCOCC(COC1OC(COC2OC(CO)C(O)C(O)C2O)C(O)C(O)C1O)OC(=O)CCCCCCC/C=C\CCCCCCCCC. The monoisotopic (exact) mass is 917 g/mol. The van der Waals surface area contributed by atoms with E-state index in [0.717, 1.165) is 64.2 Å². The molecular formula is C50H92O14. The quantitative estimate of drug-likeness (QED) is 0.0184. The van der Waals surface area contributed by atoms with Gasteiger partial charge in [0.15, 0.2) is 12.6 Å². The summed E-state index contributed by atoms with van der Waals surface area (Å²) < 4.78 is 34.2. The smallest absolute Gasteiger partial charge is 0.306 e. The molecule has 14 heteroatoms. The van der Waals surface area contributed by atoms with Gasteiger partial charge in [0.2, 0.25) is 0 Å². The first-order chi connectivity index (χ1) is 31.1. The molecule has 0 radical (unpaired) electrons. The van der Waals surface area contributed by atoms with Gasteiger partial charge in [0.05, 0.1) is 26.4 Å². The second-order valence-electron chi connectivity index (χ2n) is 18.0. The van der Waals surface area contributed by atoms with Crippen molar-refractivity contribution in [3.05, 3.63) is 24.3 Å². The maximum Gasteiger partial charge on any atom is 0.306 e. The van der Waals surface area contributed by atoms with Crippen LogP contribution < -0.4 is 0 Å². The molecule has 64 heavy (non-hydrogen) atoms. The number of carbonyl (C=O) groups is 1. The maximum atomic E-state index is 13.0. The molecule has 2 rings (SSSR count). The molecule has 0 aliphatic carbocycles. The van der Waals surface area contributed by atoms with E-state index < -0.39 is 80.7 Å². The molecule has 376 valence electrons. The summed E-state index contributed by atoms with van der Waals surface area (Å²) in [5.74, 6) is -0.386. The van der Waals surface area contributed by atoms with Crippen LogP contribution in [-0.4, -0.2) is 142 Å². The number of esters is 1. The number of hydrogen-bond acceptors (Lipinski definition) is 14. The molecule has 0 spiro atoms. The molecule has 2 aliphatic rings. The van der Waals surface area contributed by atoms with Crippen molar-refractivity contribution in [2.24, 2.45) is 0 Å². The molecule has 11 atom stereocenters. The van der Waals surface area contributed by atoms with E-state index in [-0.39, 0.29) is 25.6 Å². The van der Waals surface area contributed by atoms with E-state index in [1.54, 1.807) is 0 Å². The molecule has 14 nitrogen and oxygen atoms in total. The van der Waals surface area contributed by atoms with Gasteiger partial charge in [0, 0.05) is 13.0 Å². The number of allylic oxidation sites excluding steroid dienone is 4. The first-order valence-electron chi connectivity index (χ1n) is 25.4. The van der Waals surface area contributed by atoms with Gasteiger partial charge in [-0.15, -0.1) is 0 Å². The summed E-state index contributed by atoms with van der Waals surface area (Å²) >= 11 is 0. The Bertz CT molecular complexity index is 1160. The first kappa shape index (κ1) is 58.6. The van der Waals surface area contributed by atoms with E-state index in [1.165, 1.54) is 96.3 Å². The van der Waals surface area contributed by atoms with E-state index >= 15 is 0 Å². The minimum Gasteiger partial charge on any atom is -0.457 e. The van der Waals surface area contributed by atoms with Gasteiger partial charge >= 0.3 is 5.97 Å². The molecule has 0 amide bonds. The number of hydrogen-bond donors (Lipinski definition) is 7. The van der Waals surface area contributed by atoms with Crippen molar-refractivity contribution in [1.82, 2.24) is 0 Å². The lowest BCUT2D eigenvalue weighted by atomic mass is 9.98. The summed E-state index contributed by atoms with van der Waals surface area (Å²) in [5, 5.41) is 72.1. The fourth-order valence-electron chi connectivity index (χ4n) is 7.98. The third-order valence-electron chi connectivity index (χ3n) is 12.2. The highest BCUT2D eigenvalue weighted by molar-refractivity contribution is 5.69. The fourth-order valence-corrected chi connectivity index (χ4v) is 7.98. The molecule has 11 unspecified atom stereocenters. The molecule has 7 N–H and O–H groups in total. The van der Waals surface area contributed by atoms with Crippen molar-refractivity contribution >= 4 is 5.97 Å². The summed E-state index contributed by atoms with van der Waals surface area (Å²) in [5.41, 5.74) is 0. The summed E-state index contributed by atoms with van der Waals surface area (Å²) in [6.07, 6.45) is 23.8. The van der Waals surface area contributed by atoms with E-state index in [1.807, 2.05) is 0 Å². The molecule has 2 aliphatic heterocycles. The lowest BCUT2D eigenvalue weighted by Crippen LogP contribution is -2.61. The summed E-state index contributed by atoms with van der Waals surface area (Å²) in [7, 11) is 0. The van der Waals surface area contributed by atoms with Crippen LogP contribution >= 0.6 is 0 Å². The zero-order valence-corrected chi connectivity index (χ0v) is 39.8. The molecule has 0 aromatic rings. The molecular weight excluding hydrogens is 825 g/mol. The van der Waals surface area contributed by atoms with Crippen LogP contribution in [0.3, 0.4) is 0 Å². The Labute approximate surface area is 386 Å². The number of carbonyl (C=O) groups excluding carboxylic acids is 1. The highest BCUT2D eigenvalue weighted by atomic mass is 16.7. The van der Waals surface area contributed by atoms with Crippen LogP contribution in [-0.2, 0) is 33.2 Å². The van der Waals surface area contributed by atoms with E-state index in [2.05, 4.69) is 38.2 Å². The summed E-state index contributed by atoms with van der Waals surface area (Å²) in [6, 6.07) is 0. The minimum atomic E-state index is -1.71. The van der Waals surface area contributed by atoms with E-state index in [4.69, 9.17) is 28.4 Å². The average Bonchev–Trinajstić information content (AvgIpc) is 3.29. The Morgan fingerprint density at radius 2 is 0.922 bits per heavy atom. The number of ether oxygens (including phenoxy) is 6. The van der Waals surface area contributed by atoms with Crippen LogP contribution in [0.2, 0.25) is 0 Å². The van der Waals surface area contributed by atoms with Crippen LogP contribution in [0.25, 0.3) is 0 Å². The predicted molar refractivity (Wildman–Crippen MR) is 247 cm³/mol. The topological polar surface area (TPSA) is 214 Å². The number of aliphatic hydroxyl groups excluding tert-OH is 7. The van der Waals surface area contributed by atoms with Crippen molar-refractivity contribution in [1.29, 1.82) is 0 Å². The van der Waals surface area contributed by atoms with Crippen LogP contribution in [0.4, 0.5) is 0 Å². The second-order valence-corrected chi connectivity index (χ2v) is 18.0. The normalized spacial score (nSPS) is 26.9. The van der Waals surface area contributed by atoms with Crippen molar-refractivity contribution in [3.8, 4) is 0 Å². The Balaban J connectivity index is 1.78. The van der Waals surface area contributed by atoms with Gasteiger partial charge in [-0.25, -0.2) is 0 Å². The summed E-state index contributed by atoms with van der Waals surface area (Å²) in [6.45, 7) is 3.65. The Kier molecular flexibility index (Phi) is 35.2. The largest absolute Gasteiger partial charge is 0.457 e. The lowest BCUT2D eigenvalue weighted by Gasteiger charge is -2.42. The second kappa shape index (κ2) is 38.4. The minimum absolute atomic E-state index is 0.0562. The lowest BCUT2D eigenvalue weighted by molar-refractivity contribution is -0.332. The number of unbranched alkanes of at least 4 members (excludes halogenated alkanes) is 22. The average molecular weight is 917 g/mol. The van der Waals surface area contributed by atoms with Crippen LogP contribution in [0.1, 0.15) is 187 Å². The third-order valence-corrected chi connectivity index (χ3v) is 12.2. The Hall–Kier alpha value is -1.53. The maximum absolute atomic E-state index is 13.0. The van der Waals surface area contributed by atoms with E-state index in [0.29, 0.717) is 13.0 Å². The zero-order valence-electron chi connectivity index (χ0n) is 39.8. The standard InChI is InChI=1S/C50H92O14/c1-3-5-7-9-11-13-15-17-19-20-21-23-25-27-29-31-33-42(52)62-39(36-59-34-32-30-28-26-24-22-18-16-14-12-10-8-6-4-2)37-60-49-48(58)46(56)44(54)41(64-49)38-61-50-47(57)45(55)43(53)40(35-51)63-50/h14,16,19-20,39-41,43-51,53-58H,3-13,15,17-18,21-38H2,1-2H3/b16-14-,20-19-. The molecule has 2 saturated heterocycles. The van der Waals surface area contributed by atoms with Gasteiger partial charge < -0.3 is 64.2 Å². The molecule has 2 fully saturated rings. The third kappa shape index (κ3) is 26.1. The predicted octanol–water partition coefficient (Wildman–Crippen LogP) is 7.24. The van der Waals surface area contributed by atoms with Gasteiger partial charge in [-0.05, 0) is 64.2 Å². The molecule has 2 heterocycles. The van der Waals surface area contributed by atoms with Crippen molar-refractivity contribution in [2.45, 2.75) is 255 Å². The van der Waals surface area contributed by atoms with Crippen LogP contribution in [0.5, 0.6) is 0 Å². The van der Waals surface area contributed by atoms with Crippen molar-refractivity contribution < 1.29 is 69.0 Å². The Morgan fingerprint density at radius 3 is 1.44 bits per heavy atom. The molecule has 0 aromatic heterocycles. The van der Waals surface area contributed by atoms with E-state index in [9.17, 15) is 40.5 Å². The van der Waals surface area contributed by atoms with Gasteiger partial charge in [-0.3, -0.25) is 4.79 Å². The molecule has 0 aromatic carbocycles. The molecule has 0 bridgehead atoms. The first-order valence-corrected chi connectivity index (χ1v) is 25.4. The zero-order chi connectivity index (χ0) is 46.6. The van der Waals surface area contributed by atoms with Crippen molar-refractivity contribution in [3.63, 3.8) is 0 Å². The van der Waals surface area contributed by atoms with Gasteiger partial charge in [-0.1, -0.05) is 141 Å². The van der Waals surface area contributed by atoms with Crippen LogP contribution in [0.15, 0.2) is 24.3 Å². The van der Waals surface area contributed by atoms with Crippen molar-refractivity contribution in [2.75, 3.05) is 33.0 Å². The molecule has 0 saturated carbocycles. The highest BCUT2D eigenvalue weighted by Gasteiger charge is 2.47. The summed E-state index contributed by atoms with van der Waals surface area (Å²) in [4.78, 5) is 13.0. The number of rotatable bonds is 40. The highest BCUT2D eigenvalue weighted by Crippen LogP contribution is 2.26.